The number of carbonyl (C=O) groups is 2. The van der Waals surface area contributed by atoms with Gasteiger partial charge in [0.1, 0.15) is 5.60 Å². The van der Waals surface area contributed by atoms with Crippen LogP contribution in [0.25, 0.3) is 0 Å². The van der Waals surface area contributed by atoms with Crippen LogP contribution in [-0.4, -0.2) is 54.9 Å². The van der Waals surface area contributed by atoms with Gasteiger partial charge in [0.25, 0.3) is 0 Å². The van der Waals surface area contributed by atoms with E-state index < -0.39 is 23.3 Å². The van der Waals surface area contributed by atoms with Crippen molar-refractivity contribution in [3.63, 3.8) is 0 Å². The van der Waals surface area contributed by atoms with E-state index in [0.717, 1.165) is 18.9 Å². The van der Waals surface area contributed by atoms with Gasteiger partial charge in [-0.15, -0.1) is 0 Å². The summed E-state index contributed by atoms with van der Waals surface area (Å²) in [6.45, 7) is 3.47. The third-order valence-electron chi connectivity index (χ3n) is 3.60. The van der Waals surface area contributed by atoms with Crippen LogP contribution in [0, 0.1) is 0 Å². The molecule has 0 aliphatic heterocycles. The van der Waals surface area contributed by atoms with E-state index in [2.05, 4.69) is 5.16 Å². The number of aliphatic hydroxyl groups is 1. The lowest BCUT2D eigenvalue weighted by Gasteiger charge is -2.27. The Hall–Kier alpha value is -2.13. The molecule has 9 nitrogen and oxygen atoms in total. The van der Waals surface area contributed by atoms with Gasteiger partial charge in [-0.2, -0.15) is 0 Å². The summed E-state index contributed by atoms with van der Waals surface area (Å²) in [7, 11) is 0. The molecule has 1 rings (SSSR count). The molecule has 0 amide bonds. The van der Waals surface area contributed by atoms with E-state index in [9.17, 15) is 9.59 Å². The summed E-state index contributed by atoms with van der Waals surface area (Å²) in [5.41, 5.74) is 5.15. The molecule has 1 saturated carbocycles. The summed E-state index contributed by atoms with van der Waals surface area (Å²) in [4.78, 5) is 28.5. The van der Waals surface area contributed by atoms with Crippen molar-refractivity contribution in [2.75, 3.05) is 26.4 Å². The zero-order valence-corrected chi connectivity index (χ0v) is 14.7. The monoisotopic (exact) mass is 358 g/mol. The first kappa shape index (κ1) is 20.9. The Morgan fingerprint density at radius 2 is 1.84 bits per heavy atom. The topological polar surface area (TPSA) is 130 Å². The Balaban J connectivity index is 2.92. The smallest absolute Gasteiger partial charge is 0.377 e. The van der Waals surface area contributed by atoms with Gasteiger partial charge < -0.3 is 29.9 Å². The van der Waals surface area contributed by atoms with Crippen LogP contribution in [0.5, 0.6) is 0 Å². The average Bonchev–Trinajstić information content (AvgIpc) is 3.07. The Morgan fingerprint density at radius 3 is 2.40 bits per heavy atom. The van der Waals surface area contributed by atoms with Crippen molar-refractivity contribution in [2.24, 2.45) is 10.9 Å². The molecule has 1 aliphatic rings. The highest BCUT2D eigenvalue weighted by Crippen LogP contribution is 2.33. The highest BCUT2D eigenvalue weighted by atomic mass is 16.7. The molecule has 25 heavy (non-hydrogen) atoms. The van der Waals surface area contributed by atoms with Gasteiger partial charge in [0, 0.05) is 0 Å². The summed E-state index contributed by atoms with van der Waals surface area (Å²) >= 11 is 0. The number of ether oxygens (including phenoxy) is 3. The number of amidine groups is 1. The highest BCUT2D eigenvalue weighted by Gasteiger charge is 2.39. The number of oxime groups is 1. The fourth-order valence-corrected chi connectivity index (χ4v) is 2.46. The van der Waals surface area contributed by atoms with Crippen LogP contribution < -0.4 is 5.73 Å². The maximum Gasteiger partial charge on any atom is 0.377 e. The molecule has 0 atom stereocenters. The fraction of sp³-hybridized carbons (Fsp3) is 0.688. The molecule has 0 radical (unpaired) electrons. The van der Waals surface area contributed by atoms with Gasteiger partial charge in [0.15, 0.2) is 5.84 Å². The second-order valence-electron chi connectivity index (χ2n) is 5.32. The lowest BCUT2D eigenvalue weighted by Crippen LogP contribution is -2.45. The van der Waals surface area contributed by atoms with Gasteiger partial charge in [-0.25, -0.2) is 9.59 Å². The van der Waals surface area contributed by atoms with Crippen molar-refractivity contribution in [1.82, 2.24) is 0 Å². The number of hydrogen-bond donors (Lipinski definition) is 2. The maximum atomic E-state index is 11.9. The van der Waals surface area contributed by atoms with Crippen LogP contribution in [0.3, 0.4) is 0 Å². The van der Waals surface area contributed by atoms with Crippen LogP contribution in [-0.2, 0) is 28.6 Å². The van der Waals surface area contributed by atoms with Gasteiger partial charge in [-0.1, -0.05) is 5.16 Å². The van der Waals surface area contributed by atoms with Crippen LogP contribution in [0.15, 0.2) is 17.0 Å². The number of carbonyl (C=O) groups excluding carboxylic acids is 2. The van der Waals surface area contributed by atoms with E-state index in [1.165, 1.54) is 0 Å². The predicted octanol–water partition coefficient (Wildman–Crippen LogP) is 0.607. The summed E-state index contributed by atoms with van der Waals surface area (Å²) in [5.74, 6) is -2.01. The molecule has 142 valence electrons. The minimum absolute atomic E-state index is 0.0394. The molecule has 0 saturated heterocycles. The highest BCUT2D eigenvalue weighted by molar-refractivity contribution is 5.95. The van der Waals surface area contributed by atoms with Crippen LogP contribution >= 0.6 is 0 Å². The Morgan fingerprint density at radius 1 is 1.20 bits per heavy atom. The predicted molar refractivity (Wildman–Crippen MR) is 88.3 cm³/mol. The first-order valence-electron chi connectivity index (χ1n) is 8.30. The van der Waals surface area contributed by atoms with Gasteiger partial charge in [0.2, 0.25) is 5.76 Å². The minimum atomic E-state index is -0.858. The second-order valence-corrected chi connectivity index (χ2v) is 5.32. The van der Waals surface area contributed by atoms with Crippen molar-refractivity contribution >= 4 is 17.8 Å². The quantitative estimate of drug-likeness (QED) is 0.145. The number of aliphatic hydroxyl groups excluding tert-OH is 1. The van der Waals surface area contributed by atoms with Gasteiger partial charge >= 0.3 is 11.9 Å². The van der Waals surface area contributed by atoms with E-state index in [1.807, 2.05) is 0 Å². The molecule has 0 heterocycles. The Labute approximate surface area is 146 Å². The first-order valence-corrected chi connectivity index (χ1v) is 8.30. The van der Waals surface area contributed by atoms with E-state index in [0.29, 0.717) is 12.8 Å². The minimum Gasteiger partial charge on any atom is -0.463 e. The van der Waals surface area contributed by atoms with E-state index in [-0.39, 0.29) is 32.3 Å². The first-order chi connectivity index (χ1) is 12.0. The summed E-state index contributed by atoms with van der Waals surface area (Å²) in [6.07, 6.45) is 3.90. The molecule has 0 spiro atoms. The second kappa shape index (κ2) is 10.7. The molecule has 3 N–H and O–H groups in total. The van der Waals surface area contributed by atoms with Gasteiger partial charge in [-0.05, 0) is 39.5 Å². The molecule has 0 unspecified atom stereocenters. The zero-order valence-electron chi connectivity index (χ0n) is 14.7. The van der Waals surface area contributed by atoms with Crippen molar-refractivity contribution in [1.29, 1.82) is 0 Å². The number of rotatable bonds is 10. The third-order valence-corrected chi connectivity index (χ3v) is 3.60. The van der Waals surface area contributed by atoms with Crippen molar-refractivity contribution in [3.05, 3.63) is 11.8 Å². The number of hydrogen-bond acceptors (Lipinski definition) is 8. The normalized spacial score (nSPS) is 17.2. The van der Waals surface area contributed by atoms with Crippen molar-refractivity contribution < 1.29 is 33.7 Å². The molecular formula is C16H26N2O7. The maximum absolute atomic E-state index is 11.9. The van der Waals surface area contributed by atoms with Crippen LogP contribution in [0.4, 0.5) is 0 Å². The van der Waals surface area contributed by atoms with Gasteiger partial charge in [0.05, 0.1) is 32.5 Å². The van der Waals surface area contributed by atoms with Crippen LogP contribution in [0.1, 0.15) is 39.5 Å². The van der Waals surface area contributed by atoms with E-state index in [1.54, 1.807) is 13.8 Å². The summed E-state index contributed by atoms with van der Waals surface area (Å²) in [6, 6.07) is 0. The average molecular weight is 358 g/mol. The van der Waals surface area contributed by atoms with Gasteiger partial charge in [-0.3, -0.25) is 0 Å². The SMILES string of the molecule is CCOC(=O)/C=C(/ON=C(N)C1(OCCO)CCCC1)C(=O)OCC. The largest absolute Gasteiger partial charge is 0.463 e. The van der Waals surface area contributed by atoms with E-state index in [4.69, 9.17) is 29.9 Å². The fourth-order valence-electron chi connectivity index (χ4n) is 2.46. The van der Waals surface area contributed by atoms with Crippen LogP contribution in [0.2, 0.25) is 0 Å². The molecule has 0 aromatic heterocycles. The molecule has 1 aliphatic carbocycles. The standard InChI is InChI=1S/C16H26N2O7/c1-3-22-13(20)11-12(14(21)23-4-2)25-18-15(17)16(24-10-9-19)7-5-6-8-16/h11,19H,3-10H2,1-2H3,(H2,17,18)/b12-11+. The Bertz CT molecular complexity index is 511. The molecular weight excluding hydrogens is 332 g/mol. The molecule has 9 heteroatoms. The molecule has 0 aromatic rings. The van der Waals surface area contributed by atoms with Crippen molar-refractivity contribution in [2.45, 2.75) is 45.1 Å². The third kappa shape index (κ3) is 6.35. The number of nitrogens with zero attached hydrogens (tertiary/aromatic N) is 1. The number of nitrogens with two attached hydrogens (primary N) is 1. The summed E-state index contributed by atoms with van der Waals surface area (Å²) < 4.78 is 15.2. The van der Waals surface area contributed by atoms with Crippen molar-refractivity contribution in [3.8, 4) is 0 Å². The summed E-state index contributed by atoms with van der Waals surface area (Å²) in [5, 5.41) is 12.7. The van der Waals surface area contributed by atoms with E-state index >= 15 is 0 Å². The number of esters is 2. The Kier molecular flexibility index (Phi) is 8.93. The lowest BCUT2D eigenvalue weighted by atomic mass is 10.0. The lowest BCUT2D eigenvalue weighted by molar-refractivity contribution is -0.144. The molecule has 0 aromatic carbocycles. The zero-order chi connectivity index (χ0) is 18.7. The molecule has 0 bridgehead atoms. The molecule has 1 fully saturated rings.